The highest BCUT2D eigenvalue weighted by molar-refractivity contribution is 7.53. The summed E-state index contributed by atoms with van der Waals surface area (Å²) >= 11 is 0. The molecule has 0 aliphatic rings. The third-order valence-corrected chi connectivity index (χ3v) is 4.80. The quantitative estimate of drug-likeness (QED) is 0.640. The average Bonchev–Trinajstić information content (AvgIpc) is 2.45. The van der Waals surface area contributed by atoms with E-state index in [-0.39, 0.29) is 24.4 Å². The van der Waals surface area contributed by atoms with Crippen LogP contribution < -0.4 is 0 Å². The molecule has 0 spiro atoms. The first kappa shape index (κ1) is 19.9. The van der Waals surface area contributed by atoms with Gasteiger partial charge in [0.05, 0.1) is 25.8 Å². The van der Waals surface area contributed by atoms with Crippen molar-refractivity contribution in [2.45, 2.75) is 40.3 Å². The normalized spacial score (nSPS) is 12.1. The van der Waals surface area contributed by atoms with Gasteiger partial charge in [-0.1, -0.05) is 52.0 Å². The topological polar surface area (TPSA) is 72.8 Å². The Morgan fingerprint density at radius 1 is 1.00 bits per heavy atom. The second-order valence-electron chi connectivity index (χ2n) is 6.54. The Labute approximate surface area is 138 Å². The van der Waals surface area contributed by atoms with E-state index >= 15 is 0 Å². The highest BCUT2D eigenvalue weighted by atomic mass is 31.2. The lowest BCUT2D eigenvalue weighted by Gasteiger charge is -2.21. The van der Waals surface area contributed by atoms with Gasteiger partial charge in [-0.3, -0.25) is 9.36 Å². The first-order valence-electron chi connectivity index (χ1n) is 7.88. The smallest absolute Gasteiger partial charge is 0.335 e. The Kier molecular flexibility index (Phi) is 7.97. The fourth-order valence-electron chi connectivity index (χ4n) is 1.81. The maximum Gasteiger partial charge on any atom is 0.335 e. The van der Waals surface area contributed by atoms with Crippen LogP contribution in [0.4, 0.5) is 0 Å². The van der Waals surface area contributed by atoms with Crippen LogP contribution in [0.1, 0.15) is 38.8 Å². The van der Waals surface area contributed by atoms with Crippen LogP contribution in [0, 0.1) is 11.8 Å². The third-order valence-electron chi connectivity index (χ3n) is 2.96. The van der Waals surface area contributed by atoms with E-state index in [0.29, 0.717) is 18.8 Å². The molecule has 0 aliphatic heterocycles. The maximum atomic E-state index is 12.9. The van der Waals surface area contributed by atoms with E-state index in [1.54, 1.807) is 24.3 Å². The van der Waals surface area contributed by atoms with Gasteiger partial charge in [0, 0.05) is 0 Å². The molecule has 130 valence electrons. The molecular weight excluding hydrogens is 315 g/mol. The van der Waals surface area contributed by atoms with Crippen molar-refractivity contribution in [1.82, 2.24) is 0 Å². The minimum atomic E-state index is -3.21. The van der Waals surface area contributed by atoms with Gasteiger partial charge in [0.1, 0.15) is 0 Å². The molecule has 0 aromatic heterocycles. The number of carboxylic acid groups (broad SMARTS) is 1. The van der Waals surface area contributed by atoms with Gasteiger partial charge < -0.3 is 14.2 Å². The summed E-state index contributed by atoms with van der Waals surface area (Å²) in [5.41, 5.74) is 1.53. The fraction of sp³-hybridized carbons (Fsp3) is 0.588. The summed E-state index contributed by atoms with van der Waals surface area (Å²) in [5.74, 6) is -0.336. The van der Waals surface area contributed by atoms with Crippen LogP contribution in [-0.2, 0) is 31.0 Å². The molecule has 1 aromatic carbocycles. The Balaban J connectivity index is 2.78. The van der Waals surface area contributed by atoms with Crippen LogP contribution in [0.3, 0.4) is 0 Å². The molecule has 0 fully saturated rings. The summed E-state index contributed by atoms with van der Waals surface area (Å²) in [6.45, 7) is 8.74. The van der Waals surface area contributed by atoms with E-state index in [0.717, 1.165) is 5.56 Å². The molecule has 0 radical (unpaired) electrons. The molecule has 0 saturated carbocycles. The molecule has 1 aromatic rings. The number of hydrogen-bond acceptors (Lipinski definition) is 4. The number of aliphatic carboxylic acids is 1. The number of carboxylic acids is 1. The first-order valence-corrected chi connectivity index (χ1v) is 9.60. The minimum Gasteiger partial charge on any atom is -0.481 e. The Bertz CT molecular complexity index is 520. The summed E-state index contributed by atoms with van der Waals surface area (Å²) in [4.78, 5) is 10.7. The predicted octanol–water partition coefficient (Wildman–Crippen LogP) is 4.35. The standard InChI is InChI=1S/C17H27O5P/c1-13(2)10-21-23(20,22-11-14(3)4)12-16-7-5-15(6-8-16)9-17(18)19/h5-8,13-14H,9-12H2,1-4H3,(H,18,19). The molecule has 1 N–H and O–H groups in total. The Hall–Kier alpha value is -1.16. The highest BCUT2D eigenvalue weighted by Gasteiger charge is 2.26. The molecule has 0 amide bonds. The molecule has 0 bridgehead atoms. The van der Waals surface area contributed by atoms with E-state index in [9.17, 15) is 9.36 Å². The van der Waals surface area contributed by atoms with Crippen LogP contribution in [-0.4, -0.2) is 24.3 Å². The molecule has 0 unspecified atom stereocenters. The van der Waals surface area contributed by atoms with E-state index in [1.807, 2.05) is 27.7 Å². The lowest BCUT2D eigenvalue weighted by atomic mass is 10.1. The molecule has 1 rings (SSSR count). The maximum absolute atomic E-state index is 12.9. The molecule has 5 nitrogen and oxygen atoms in total. The van der Waals surface area contributed by atoms with E-state index in [2.05, 4.69) is 0 Å². The third kappa shape index (κ3) is 8.31. The molecule has 0 atom stereocenters. The van der Waals surface area contributed by atoms with Crippen molar-refractivity contribution in [3.05, 3.63) is 35.4 Å². The monoisotopic (exact) mass is 342 g/mol. The van der Waals surface area contributed by atoms with Crippen LogP contribution in [0.5, 0.6) is 0 Å². The second-order valence-corrected chi connectivity index (χ2v) is 8.59. The fourth-order valence-corrected chi connectivity index (χ4v) is 3.78. The molecule has 0 aliphatic carbocycles. The zero-order valence-corrected chi connectivity index (χ0v) is 15.2. The summed E-state index contributed by atoms with van der Waals surface area (Å²) in [6.07, 6.45) is 0.172. The zero-order chi connectivity index (χ0) is 17.5. The van der Waals surface area contributed by atoms with E-state index < -0.39 is 13.6 Å². The lowest BCUT2D eigenvalue weighted by molar-refractivity contribution is -0.136. The summed E-state index contributed by atoms with van der Waals surface area (Å²) in [7, 11) is -3.21. The Morgan fingerprint density at radius 3 is 1.83 bits per heavy atom. The SMILES string of the molecule is CC(C)COP(=O)(Cc1ccc(CC(=O)O)cc1)OCC(C)C. The van der Waals surface area contributed by atoms with Crippen molar-refractivity contribution in [3.63, 3.8) is 0 Å². The van der Waals surface area contributed by atoms with Crippen molar-refractivity contribution in [1.29, 1.82) is 0 Å². The van der Waals surface area contributed by atoms with Crippen molar-refractivity contribution in [2.24, 2.45) is 11.8 Å². The summed E-state index contributed by atoms with van der Waals surface area (Å²) in [6, 6.07) is 7.03. The van der Waals surface area contributed by atoms with Crippen LogP contribution in [0.25, 0.3) is 0 Å². The van der Waals surface area contributed by atoms with Gasteiger partial charge in [0.25, 0.3) is 0 Å². The van der Waals surface area contributed by atoms with Crippen molar-refractivity contribution >= 4 is 13.6 Å². The molecule has 0 saturated heterocycles. The van der Waals surface area contributed by atoms with E-state index in [4.69, 9.17) is 14.2 Å². The molecule has 23 heavy (non-hydrogen) atoms. The number of rotatable bonds is 10. The minimum absolute atomic E-state index is 0.0222. The van der Waals surface area contributed by atoms with Crippen molar-refractivity contribution < 1.29 is 23.5 Å². The van der Waals surface area contributed by atoms with Crippen LogP contribution in [0.15, 0.2) is 24.3 Å². The van der Waals surface area contributed by atoms with Crippen LogP contribution in [0.2, 0.25) is 0 Å². The van der Waals surface area contributed by atoms with Gasteiger partial charge in [-0.05, 0) is 23.0 Å². The van der Waals surface area contributed by atoms with Gasteiger partial charge >= 0.3 is 13.6 Å². The van der Waals surface area contributed by atoms with Gasteiger partial charge in [-0.15, -0.1) is 0 Å². The van der Waals surface area contributed by atoms with E-state index in [1.165, 1.54) is 0 Å². The molecule has 0 heterocycles. The van der Waals surface area contributed by atoms with Gasteiger partial charge in [-0.25, -0.2) is 0 Å². The van der Waals surface area contributed by atoms with Crippen molar-refractivity contribution in [2.75, 3.05) is 13.2 Å². The molecule has 6 heteroatoms. The average molecular weight is 342 g/mol. The predicted molar refractivity (Wildman–Crippen MR) is 90.7 cm³/mol. The van der Waals surface area contributed by atoms with Crippen LogP contribution >= 0.6 is 7.60 Å². The van der Waals surface area contributed by atoms with Gasteiger partial charge in [0.2, 0.25) is 0 Å². The number of carbonyl (C=O) groups is 1. The largest absolute Gasteiger partial charge is 0.481 e. The lowest BCUT2D eigenvalue weighted by Crippen LogP contribution is -2.08. The van der Waals surface area contributed by atoms with Crippen molar-refractivity contribution in [3.8, 4) is 0 Å². The van der Waals surface area contributed by atoms with Gasteiger partial charge in [0.15, 0.2) is 0 Å². The zero-order valence-electron chi connectivity index (χ0n) is 14.3. The Morgan fingerprint density at radius 2 is 1.43 bits per heavy atom. The number of benzene rings is 1. The second kappa shape index (κ2) is 9.21. The summed E-state index contributed by atoms with van der Waals surface area (Å²) in [5, 5.41) is 8.78. The molecular formula is C17H27O5P. The number of hydrogen-bond donors (Lipinski definition) is 1. The first-order chi connectivity index (χ1) is 10.7. The highest BCUT2D eigenvalue weighted by Crippen LogP contribution is 2.52. The summed E-state index contributed by atoms with van der Waals surface area (Å²) < 4.78 is 24.1. The van der Waals surface area contributed by atoms with Gasteiger partial charge in [-0.2, -0.15) is 0 Å².